The maximum absolute atomic E-state index is 2.35. The van der Waals surface area contributed by atoms with Gasteiger partial charge in [-0.3, -0.25) is 0 Å². The van der Waals surface area contributed by atoms with Crippen LogP contribution in [0.1, 0.15) is 11.8 Å². The second-order valence-corrected chi connectivity index (χ2v) is 11.1. The van der Waals surface area contributed by atoms with Crippen LogP contribution < -0.4 is 0 Å². The number of hydrogen-bond donors (Lipinski definition) is 0. The molecule has 0 aromatic carbocycles. The molecule has 2 aromatic heterocycles. The minimum absolute atomic E-state index is 0.910. The van der Waals surface area contributed by atoms with Gasteiger partial charge < -0.3 is 0 Å². The summed E-state index contributed by atoms with van der Waals surface area (Å²) in [4.78, 5) is 4.40. The Morgan fingerprint density at radius 3 is 2.79 bits per heavy atom. The van der Waals surface area contributed by atoms with Crippen LogP contribution in [-0.4, -0.2) is 0 Å². The Hall–Kier alpha value is 0.335. The van der Waals surface area contributed by atoms with Crippen LogP contribution in [0.15, 0.2) is 29.6 Å². The molecule has 0 bridgehead atoms. The van der Waals surface area contributed by atoms with Crippen LogP contribution in [0.3, 0.4) is 0 Å². The summed E-state index contributed by atoms with van der Waals surface area (Å²) < 4.78 is 0.949. The first kappa shape index (κ1) is 10.8. The van der Waals surface area contributed by atoms with Gasteiger partial charge in [0.2, 0.25) is 0 Å². The van der Waals surface area contributed by atoms with Gasteiger partial charge in [0.05, 0.1) is 0 Å². The van der Waals surface area contributed by atoms with E-state index in [1.807, 2.05) is 22.7 Å². The number of hydrogen-bond acceptors (Lipinski definition) is 2. The van der Waals surface area contributed by atoms with E-state index in [9.17, 15) is 0 Å². The Kier molecular flexibility index (Phi) is 3.80. The van der Waals surface area contributed by atoms with E-state index in [0.717, 1.165) is 29.5 Å². The van der Waals surface area contributed by atoms with Gasteiger partial charge in [-0.15, -0.1) is 0 Å². The van der Waals surface area contributed by atoms with Crippen molar-refractivity contribution in [3.05, 3.63) is 34.5 Å². The van der Waals surface area contributed by atoms with Crippen LogP contribution in [0.5, 0.6) is 0 Å². The molecule has 0 amide bonds. The first-order valence-electron chi connectivity index (χ1n) is 4.71. The molecule has 2 heterocycles. The monoisotopic (exact) mass is 409 g/mol. The van der Waals surface area contributed by atoms with Crippen LogP contribution >= 0.6 is 22.7 Å². The van der Waals surface area contributed by atoms with Crippen molar-refractivity contribution in [1.29, 1.82) is 0 Å². The maximum atomic E-state index is 2.35. The SMILES string of the molecule is C[CH]([Hg])Cc1ccc(-c2cccs2)s1. The molecule has 2 rings (SSSR count). The molecular weight excluding hydrogens is 397 g/mol. The van der Waals surface area contributed by atoms with Gasteiger partial charge in [0.25, 0.3) is 0 Å². The third-order valence-corrected chi connectivity index (χ3v) is 5.27. The molecule has 14 heavy (non-hydrogen) atoms. The number of thiophene rings is 2. The van der Waals surface area contributed by atoms with Crippen LogP contribution in [-0.2, 0) is 32.5 Å². The van der Waals surface area contributed by atoms with Crippen molar-refractivity contribution in [2.45, 2.75) is 16.8 Å². The fourth-order valence-corrected chi connectivity index (χ4v) is 5.41. The molecule has 1 unspecified atom stereocenters. The van der Waals surface area contributed by atoms with Crippen molar-refractivity contribution in [1.82, 2.24) is 0 Å². The standard InChI is InChI=1S/C11H11S2.Hg/c1-2-4-9-6-7-11(13-9)10-5-3-8-12-10;/h2-3,5-8H,4H2,1H3;. The van der Waals surface area contributed by atoms with Crippen LogP contribution in [0.25, 0.3) is 9.75 Å². The fraction of sp³-hybridized carbons (Fsp3) is 0.273. The molecule has 69 valence electrons. The molecule has 0 aliphatic rings. The quantitative estimate of drug-likeness (QED) is 0.662. The van der Waals surface area contributed by atoms with E-state index in [1.165, 1.54) is 16.2 Å². The van der Waals surface area contributed by atoms with Gasteiger partial charge in [0.15, 0.2) is 0 Å². The van der Waals surface area contributed by atoms with Crippen molar-refractivity contribution < 1.29 is 26.1 Å². The molecule has 0 fully saturated rings. The summed E-state index contributed by atoms with van der Waals surface area (Å²) in [7, 11) is 0. The molecule has 0 aliphatic carbocycles. The average Bonchev–Trinajstić information content (AvgIpc) is 2.69. The predicted octanol–water partition coefficient (Wildman–Crippen LogP) is 4.37. The molecule has 0 N–H and O–H groups in total. The first-order chi connectivity index (χ1) is 6.75. The van der Waals surface area contributed by atoms with Gasteiger partial charge in [-0.05, 0) is 0 Å². The van der Waals surface area contributed by atoms with Crippen LogP contribution in [0, 0.1) is 0 Å². The normalized spacial score (nSPS) is 13.1. The summed E-state index contributed by atoms with van der Waals surface area (Å²) in [5.41, 5.74) is 0. The Morgan fingerprint density at radius 1 is 1.29 bits per heavy atom. The third kappa shape index (κ3) is 2.68. The second-order valence-electron chi connectivity index (χ2n) is 3.55. The third-order valence-electron chi connectivity index (χ3n) is 1.98. The van der Waals surface area contributed by atoms with Gasteiger partial charge in [-0.1, -0.05) is 0 Å². The van der Waals surface area contributed by atoms with Crippen molar-refractivity contribution in [3.63, 3.8) is 0 Å². The van der Waals surface area contributed by atoms with Crippen LogP contribution in [0.2, 0.25) is 3.43 Å². The number of rotatable bonds is 3. The van der Waals surface area contributed by atoms with Crippen molar-refractivity contribution in [2.24, 2.45) is 0 Å². The van der Waals surface area contributed by atoms with E-state index in [0.29, 0.717) is 0 Å². The molecule has 0 nitrogen and oxygen atoms in total. The molecule has 2 aromatic rings. The Balaban J connectivity index is 2.18. The van der Waals surface area contributed by atoms with Gasteiger partial charge in [0, 0.05) is 0 Å². The summed E-state index contributed by atoms with van der Waals surface area (Å²) in [6.07, 6.45) is 1.29. The van der Waals surface area contributed by atoms with E-state index < -0.39 is 0 Å². The van der Waals surface area contributed by atoms with Crippen molar-refractivity contribution in [2.75, 3.05) is 0 Å². The van der Waals surface area contributed by atoms with E-state index in [-0.39, 0.29) is 0 Å². The summed E-state index contributed by atoms with van der Waals surface area (Å²) in [5.74, 6) is 0. The molecule has 0 radical (unpaired) electrons. The zero-order chi connectivity index (χ0) is 9.97. The van der Waals surface area contributed by atoms with E-state index in [4.69, 9.17) is 0 Å². The molecule has 3 heteroatoms. The van der Waals surface area contributed by atoms with Crippen LogP contribution in [0.4, 0.5) is 0 Å². The van der Waals surface area contributed by atoms with Crippen molar-refractivity contribution in [3.8, 4) is 9.75 Å². The van der Waals surface area contributed by atoms with E-state index in [1.54, 1.807) is 4.88 Å². The van der Waals surface area contributed by atoms with Gasteiger partial charge >= 0.3 is 110 Å². The first-order valence-corrected chi connectivity index (χ1v) is 9.58. The summed E-state index contributed by atoms with van der Waals surface area (Å²) >= 11 is 4.70. The molecular formula is C11H11HgS2. The summed E-state index contributed by atoms with van der Waals surface area (Å²) in [6.45, 7) is 2.35. The summed E-state index contributed by atoms with van der Waals surface area (Å²) in [6, 6.07) is 8.89. The molecule has 0 saturated heterocycles. The Bertz CT molecular complexity index is 387. The van der Waals surface area contributed by atoms with E-state index >= 15 is 0 Å². The fourth-order valence-electron chi connectivity index (χ4n) is 1.38. The van der Waals surface area contributed by atoms with Gasteiger partial charge in [-0.2, -0.15) is 0 Å². The zero-order valence-corrected chi connectivity index (χ0v) is 15.3. The molecule has 0 aliphatic heterocycles. The molecule has 0 spiro atoms. The Morgan fingerprint density at radius 2 is 2.14 bits per heavy atom. The zero-order valence-electron chi connectivity index (χ0n) is 8.19. The minimum atomic E-state index is 0.910. The predicted molar refractivity (Wildman–Crippen MR) is 60.8 cm³/mol. The van der Waals surface area contributed by atoms with Crippen molar-refractivity contribution >= 4 is 22.7 Å². The second kappa shape index (κ2) is 4.91. The van der Waals surface area contributed by atoms with Gasteiger partial charge in [0.1, 0.15) is 0 Å². The topological polar surface area (TPSA) is 0 Å². The van der Waals surface area contributed by atoms with Gasteiger partial charge in [-0.25, -0.2) is 0 Å². The summed E-state index contributed by atoms with van der Waals surface area (Å²) in [5, 5.41) is 2.15. The molecule has 0 saturated carbocycles. The molecule has 1 atom stereocenters. The average molecular weight is 408 g/mol. The Labute approximate surface area is 109 Å². The van der Waals surface area contributed by atoms with E-state index in [2.05, 4.69) is 36.6 Å².